The molecule has 27 heavy (non-hydrogen) atoms. The maximum Gasteiger partial charge on any atom is 0.239 e. The number of hydrogen-bond donors (Lipinski definition) is 2. The molecule has 0 spiro atoms. The normalized spacial score (nSPS) is 10.1. The lowest BCUT2D eigenvalue weighted by molar-refractivity contribution is -0.119. The van der Waals surface area contributed by atoms with Crippen LogP contribution in [0.5, 0.6) is 17.2 Å². The van der Waals surface area contributed by atoms with Crippen molar-refractivity contribution in [3.05, 3.63) is 84.4 Å². The summed E-state index contributed by atoms with van der Waals surface area (Å²) in [5, 5.41) is 5.99. The van der Waals surface area contributed by atoms with Crippen LogP contribution in [0.4, 0.5) is 5.69 Å². The molecule has 0 saturated carbocycles. The van der Waals surface area contributed by atoms with Crippen molar-refractivity contribution in [2.24, 2.45) is 0 Å². The summed E-state index contributed by atoms with van der Waals surface area (Å²) in [6.07, 6.45) is 0. The van der Waals surface area contributed by atoms with Gasteiger partial charge in [0, 0.05) is 12.2 Å². The van der Waals surface area contributed by atoms with Crippen molar-refractivity contribution < 1.29 is 14.3 Å². The van der Waals surface area contributed by atoms with Crippen molar-refractivity contribution >= 4 is 11.6 Å². The Morgan fingerprint density at radius 2 is 1.44 bits per heavy atom. The van der Waals surface area contributed by atoms with Crippen LogP contribution in [0.1, 0.15) is 5.56 Å². The zero-order valence-electron chi connectivity index (χ0n) is 15.1. The van der Waals surface area contributed by atoms with E-state index >= 15 is 0 Å². The molecular formula is C22H22N2O3. The monoisotopic (exact) mass is 362 g/mol. The van der Waals surface area contributed by atoms with Crippen molar-refractivity contribution in [3.8, 4) is 17.2 Å². The maximum absolute atomic E-state index is 12.0. The fourth-order valence-electron chi connectivity index (χ4n) is 2.45. The van der Waals surface area contributed by atoms with Crippen LogP contribution >= 0.6 is 0 Å². The fraction of sp³-hybridized carbons (Fsp3) is 0.136. The first-order valence-corrected chi connectivity index (χ1v) is 8.69. The van der Waals surface area contributed by atoms with Gasteiger partial charge in [0.25, 0.3) is 0 Å². The number of carbonyl (C=O) groups excluding carboxylic acids is 1. The molecule has 5 heteroatoms. The Morgan fingerprint density at radius 1 is 0.815 bits per heavy atom. The van der Waals surface area contributed by atoms with Crippen LogP contribution in [0.3, 0.4) is 0 Å². The van der Waals surface area contributed by atoms with Crippen molar-refractivity contribution in [2.45, 2.75) is 6.54 Å². The van der Waals surface area contributed by atoms with Crippen molar-refractivity contribution in [3.63, 3.8) is 0 Å². The van der Waals surface area contributed by atoms with Crippen molar-refractivity contribution in [1.82, 2.24) is 5.32 Å². The van der Waals surface area contributed by atoms with Crippen LogP contribution in [0, 0.1) is 0 Å². The number of carbonyl (C=O) groups is 1. The predicted octanol–water partition coefficient (Wildman–Crippen LogP) is 4.22. The summed E-state index contributed by atoms with van der Waals surface area (Å²) < 4.78 is 10.9. The molecule has 0 saturated heterocycles. The van der Waals surface area contributed by atoms with Gasteiger partial charge in [0.2, 0.25) is 5.91 Å². The number of ether oxygens (including phenoxy) is 2. The van der Waals surface area contributed by atoms with E-state index in [0.29, 0.717) is 6.54 Å². The molecule has 0 aliphatic heterocycles. The van der Waals surface area contributed by atoms with E-state index in [4.69, 9.17) is 9.47 Å². The fourth-order valence-corrected chi connectivity index (χ4v) is 2.45. The van der Waals surface area contributed by atoms with Crippen LogP contribution < -0.4 is 20.1 Å². The van der Waals surface area contributed by atoms with Gasteiger partial charge in [-0.1, -0.05) is 30.3 Å². The molecule has 0 bridgehead atoms. The van der Waals surface area contributed by atoms with Gasteiger partial charge in [-0.2, -0.15) is 0 Å². The molecule has 0 aliphatic carbocycles. The molecule has 0 heterocycles. The van der Waals surface area contributed by atoms with E-state index in [0.717, 1.165) is 28.5 Å². The van der Waals surface area contributed by atoms with Crippen LogP contribution in [0.2, 0.25) is 0 Å². The number of amides is 1. The molecule has 138 valence electrons. The first kappa shape index (κ1) is 18.3. The van der Waals surface area contributed by atoms with E-state index in [-0.39, 0.29) is 12.5 Å². The molecule has 2 N–H and O–H groups in total. The van der Waals surface area contributed by atoms with Gasteiger partial charge in [-0.3, -0.25) is 4.79 Å². The lowest BCUT2D eigenvalue weighted by Gasteiger charge is -2.10. The Bertz CT molecular complexity index is 847. The summed E-state index contributed by atoms with van der Waals surface area (Å²) >= 11 is 0. The van der Waals surface area contributed by atoms with Gasteiger partial charge in [0.15, 0.2) is 0 Å². The van der Waals surface area contributed by atoms with Crippen LogP contribution in [-0.2, 0) is 11.3 Å². The Kier molecular flexibility index (Phi) is 6.30. The highest BCUT2D eigenvalue weighted by molar-refractivity contribution is 5.80. The SMILES string of the molecule is COc1ccc(CNC(=O)CNc2ccc(Oc3ccccc3)cc2)cc1. The molecule has 0 radical (unpaired) electrons. The lowest BCUT2D eigenvalue weighted by Crippen LogP contribution is -2.29. The second-order valence-corrected chi connectivity index (χ2v) is 5.92. The average molecular weight is 362 g/mol. The molecule has 3 rings (SSSR count). The molecular weight excluding hydrogens is 340 g/mol. The Morgan fingerprint density at radius 3 is 2.11 bits per heavy atom. The van der Waals surface area contributed by atoms with Gasteiger partial charge < -0.3 is 20.1 Å². The van der Waals surface area contributed by atoms with Gasteiger partial charge in [-0.05, 0) is 54.1 Å². The Hall–Kier alpha value is -3.47. The summed E-state index contributed by atoms with van der Waals surface area (Å²) in [6.45, 7) is 0.684. The number of rotatable bonds is 8. The third-order valence-corrected chi connectivity index (χ3v) is 3.94. The summed E-state index contributed by atoms with van der Waals surface area (Å²) in [5.74, 6) is 2.26. The number of hydrogen-bond acceptors (Lipinski definition) is 4. The zero-order chi connectivity index (χ0) is 18.9. The van der Waals surface area contributed by atoms with Gasteiger partial charge in [-0.15, -0.1) is 0 Å². The molecule has 0 aliphatic rings. The van der Waals surface area contributed by atoms with E-state index in [1.165, 1.54) is 0 Å². The number of benzene rings is 3. The third kappa shape index (κ3) is 5.78. The number of para-hydroxylation sites is 1. The molecule has 0 fully saturated rings. The lowest BCUT2D eigenvalue weighted by atomic mass is 10.2. The van der Waals surface area contributed by atoms with E-state index < -0.39 is 0 Å². The molecule has 1 amide bonds. The molecule has 5 nitrogen and oxygen atoms in total. The van der Waals surface area contributed by atoms with Crippen LogP contribution in [0.15, 0.2) is 78.9 Å². The zero-order valence-corrected chi connectivity index (χ0v) is 15.1. The molecule has 0 aromatic heterocycles. The van der Waals surface area contributed by atoms with E-state index in [1.807, 2.05) is 78.9 Å². The summed E-state index contributed by atoms with van der Waals surface area (Å²) in [5.41, 5.74) is 1.88. The number of nitrogens with one attached hydrogen (secondary N) is 2. The standard InChI is InChI=1S/C22H22N2O3/c1-26-19-11-7-17(8-12-19)15-24-22(25)16-23-18-9-13-21(14-10-18)27-20-5-3-2-4-6-20/h2-14,23H,15-16H2,1H3,(H,24,25). The average Bonchev–Trinajstić information content (AvgIpc) is 2.73. The van der Waals surface area contributed by atoms with Gasteiger partial charge >= 0.3 is 0 Å². The number of methoxy groups -OCH3 is 1. The predicted molar refractivity (Wildman–Crippen MR) is 106 cm³/mol. The van der Waals surface area contributed by atoms with Crippen LogP contribution in [-0.4, -0.2) is 19.6 Å². The van der Waals surface area contributed by atoms with Gasteiger partial charge in [0.05, 0.1) is 13.7 Å². The third-order valence-electron chi connectivity index (χ3n) is 3.94. The largest absolute Gasteiger partial charge is 0.497 e. The summed E-state index contributed by atoms with van der Waals surface area (Å²) in [7, 11) is 1.63. The Labute approximate surface area is 158 Å². The van der Waals surface area contributed by atoms with E-state index in [1.54, 1.807) is 7.11 Å². The minimum Gasteiger partial charge on any atom is -0.497 e. The van der Waals surface area contributed by atoms with Crippen molar-refractivity contribution in [1.29, 1.82) is 0 Å². The summed E-state index contributed by atoms with van der Waals surface area (Å²) in [6, 6.07) is 24.7. The van der Waals surface area contributed by atoms with E-state index in [2.05, 4.69) is 10.6 Å². The quantitative estimate of drug-likeness (QED) is 0.630. The molecule has 3 aromatic carbocycles. The van der Waals surface area contributed by atoms with Gasteiger partial charge in [-0.25, -0.2) is 0 Å². The molecule has 0 atom stereocenters. The van der Waals surface area contributed by atoms with E-state index in [9.17, 15) is 4.79 Å². The highest BCUT2D eigenvalue weighted by atomic mass is 16.5. The maximum atomic E-state index is 12.0. The summed E-state index contributed by atoms with van der Waals surface area (Å²) in [4.78, 5) is 12.0. The Balaban J connectivity index is 1.43. The van der Waals surface area contributed by atoms with Gasteiger partial charge in [0.1, 0.15) is 17.2 Å². The first-order valence-electron chi connectivity index (χ1n) is 8.69. The van der Waals surface area contributed by atoms with Crippen molar-refractivity contribution in [2.75, 3.05) is 19.0 Å². The first-order chi connectivity index (χ1) is 13.2. The number of anilines is 1. The molecule has 3 aromatic rings. The minimum absolute atomic E-state index is 0.0737. The van der Waals surface area contributed by atoms with Crippen LogP contribution in [0.25, 0.3) is 0 Å². The topological polar surface area (TPSA) is 59.6 Å². The minimum atomic E-state index is -0.0737. The second kappa shape index (κ2) is 9.29. The highest BCUT2D eigenvalue weighted by Crippen LogP contribution is 2.22. The smallest absolute Gasteiger partial charge is 0.239 e. The highest BCUT2D eigenvalue weighted by Gasteiger charge is 2.03. The molecule has 0 unspecified atom stereocenters. The second-order valence-electron chi connectivity index (χ2n) is 5.92.